The van der Waals surface area contributed by atoms with Crippen molar-refractivity contribution in [2.75, 3.05) is 5.32 Å². The summed E-state index contributed by atoms with van der Waals surface area (Å²) in [5, 5.41) is 13.3. The molecule has 2 aromatic carbocycles. The van der Waals surface area contributed by atoms with Gasteiger partial charge in [-0.15, -0.1) is 0 Å². The molecule has 1 heterocycles. The number of amides is 1. The second kappa shape index (κ2) is 8.50. The zero-order valence-corrected chi connectivity index (χ0v) is 18.1. The molecule has 0 bridgehead atoms. The molecule has 0 aliphatic rings. The first-order valence-electron chi connectivity index (χ1n) is 8.94. The quantitative estimate of drug-likeness (QED) is 0.506. The standard InChI is InChI=1S/C21H19BrN4O4/c1-11-9-18(12(2)8-17(11)22)26-20(29)16(19(28)25-21(26)30)10-23-14-4-6-15(7-5-14)24-13(3)27/h4-10,29H,1-3H3,(H,24,27)(H,25,28,30). The van der Waals surface area contributed by atoms with Gasteiger partial charge in [0.05, 0.1) is 11.4 Å². The predicted molar refractivity (Wildman–Crippen MR) is 119 cm³/mol. The molecule has 0 saturated carbocycles. The number of nitrogens with one attached hydrogen (secondary N) is 2. The van der Waals surface area contributed by atoms with Crippen molar-refractivity contribution in [2.45, 2.75) is 20.8 Å². The third kappa shape index (κ3) is 4.41. The molecule has 154 valence electrons. The van der Waals surface area contributed by atoms with Crippen molar-refractivity contribution >= 4 is 39.4 Å². The van der Waals surface area contributed by atoms with Crippen molar-refractivity contribution < 1.29 is 9.90 Å². The third-order valence-corrected chi connectivity index (χ3v) is 5.22. The van der Waals surface area contributed by atoms with Crippen LogP contribution in [0.5, 0.6) is 5.88 Å². The van der Waals surface area contributed by atoms with E-state index in [-0.39, 0.29) is 11.5 Å². The average molecular weight is 471 g/mol. The van der Waals surface area contributed by atoms with E-state index >= 15 is 0 Å². The summed E-state index contributed by atoms with van der Waals surface area (Å²) in [7, 11) is 0. The molecule has 3 aromatic rings. The number of carbonyl (C=O) groups is 1. The summed E-state index contributed by atoms with van der Waals surface area (Å²) in [6.07, 6.45) is 1.19. The highest BCUT2D eigenvalue weighted by atomic mass is 79.9. The highest BCUT2D eigenvalue weighted by Crippen LogP contribution is 2.26. The van der Waals surface area contributed by atoms with Crippen LogP contribution in [0.15, 0.2) is 55.5 Å². The maximum absolute atomic E-state index is 12.4. The van der Waals surface area contributed by atoms with Crippen LogP contribution in [-0.2, 0) is 4.79 Å². The predicted octanol–water partition coefficient (Wildman–Crippen LogP) is 3.32. The summed E-state index contributed by atoms with van der Waals surface area (Å²) in [5.74, 6) is -0.698. The number of halogens is 1. The molecule has 3 rings (SSSR count). The number of benzene rings is 2. The minimum absolute atomic E-state index is 0.152. The molecule has 0 aliphatic carbocycles. The first kappa shape index (κ1) is 21.3. The Balaban J connectivity index is 2.05. The molecule has 3 N–H and O–H groups in total. The Labute approximate surface area is 180 Å². The molecule has 0 saturated heterocycles. The highest BCUT2D eigenvalue weighted by Gasteiger charge is 2.16. The second-order valence-electron chi connectivity index (χ2n) is 6.71. The SMILES string of the molecule is CC(=O)Nc1ccc(N=Cc2c(O)n(-c3cc(C)c(Br)cc3C)c(=O)[nH]c2=O)cc1. The van der Waals surface area contributed by atoms with Crippen LogP contribution in [-0.4, -0.2) is 26.8 Å². The van der Waals surface area contributed by atoms with E-state index in [0.717, 1.165) is 20.2 Å². The minimum Gasteiger partial charge on any atom is -0.493 e. The van der Waals surface area contributed by atoms with Crippen LogP contribution in [0, 0.1) is 13.8 Å². The van der Waals surface area contributed by atoms with Gasteiger partial charge in [0, 0.05) is 23.3 Å². The van der Waals surface area contributed by atoms with Gasteiger partial charge < -0.3 is 10.4 Å². The van der Waals surface area contributed by atoms with E-state index in [0.29, 0.717) is 17.1 Å². The van der Waals surface area contributed by atoms with Gasteiger partial charge in [-0.05, 0) is 61.4 Å². The van der Waals surface area contributed by atoms with Gasteiger partial charge in [0.15, 0.2) is 0 Å². The number of hydrogen-bond donors (Lipinski definition) is 3. The lowest BCUT2D eigenvalue weighted by molar-refractivity contribution is -0.114. The maximum Gasteiger partial charge on any atom is 0.335 e. The number of aliphatic imine (C=N–C) groups is 1. The highest BCUT2D eigenvalue weighted by molar-refractivity contribution is 9.10. The number of anilines is 1. The Morgan fingerprint density at radius 1 is 1.17 bits per heavy atom. The van der Waals surface area contributed by atoms with Gasteiger partial charge in [0.2, 0.25) is 11.8 Å². The fraction of sp³-hybridized carbons (Fsp3) is 0.143. The molecule has 0 radical (unpaired) electrons. The Bertz CT molecular complexity index is 1270. The van der Waals surface area contributed by atoms with Crippen LogP contribution in [0.25, 0.3) is 5.69 Å². The van der Waals surface area contributed by atoms with Gasteiger partial charge >= 0.3 is 5.69 Å². The molecule has 30 heavy (non-hydrogen) atoms. The molecule has 0 spiro atoms. The topological polar surface area (TPSA) is 117 Å². The molecule has 1 aromatic heterocycles. The molecule has 0 aliphatic heterocycles. The van der Waals surface area contributed by atoms with E-state index < -0.39 is 17.1 Å². The van der Waals surface area contributed by atoms with Crippen LogP contribution in [0.3, 0.4) is 0 Å². The van der Waals surface area contributed by atoms with Crippen LogP contribution >= 0.6 is 15.9 Å². The summed E-state index contributed by atoms with van der Waals surface area (Å²) in [6, 6.07) is 10.2. The van der Waals surface area contributed by atoms with E-state index in [1.54, 1.807) is 37.3 Å². The summed E-state index contributed by atoms with van der Waals surface area (Å²) in [4.78, 5) is 42.2. The average Bonchev–Trinajstić information content (AvgIpc) is 2.66. The maximum atomic E-state index is 12.4. The fourth-order valence-corrected chi connectivity index (χ4v) is 3.32. The summed E-state index contributed by atoms with van der Waals surface area (Å²) in [6.45, 7) is 5.05. The van der Waals surface area contributed by atoms with Gasteiger partial charge in [-0.25, -0.2) is 9.36 Å². The van der Waals surface area contributed by atoms with E-state index in [2.05, 4.69) is 31.2 Å². The fourth-order valence-electron chi connectivity index (χ4n) is 2.86. The van der Waals surface area contributed by atoms with Crippen molar-refractivity contribution in [2.24, 2.45) is 4.99 Å². The van der Waals surface area contributed by atoms with Gasteiger partial charge in [0.1, 0.15) is 5.56 Å². The number of rotatable bonds is 4. The molecule has 0 atom stereocenters. The van der Waals surface area contributed by atoms with Crippen LogP contribution in [0.4, 0.5) is 11.4 Å². The van der Waals surface area contributed by atoms with Crippen molar-refractivity contribution in [3.8, 4) is 11.6 Å². The Morgan fingerprint density at radius 2 is 1.83 bits per heavy atom. The number of nitrogens with zero attached hydrogens (tertiary/aromatic N) is 2. The molecule has 8 nitrogen and oxygen atoms in total. The zero-order valence-electron chi connectivity index (χ0n) is 16.5. The number of hydrogen-bond acceptors (Lipinski definition) is 5. The number of H-pyrrole nitrogens is 1. The Kier molecular flexibility index (Phi) is 6.02. The van der Waals surface area contributed by atoms with E-state index in [1.165, 1.54) is 13.1 Å². The van der Waals surface area contributed by atoms with Gasteiger partial charge in [-0.1, -0.05) is 15.9 Å². The molecule has 9 heteroatoms. The summed E-state index contributed by atoms with van der Waals surface area (Å²) >= 11 is 3.43. The van der Waals surface area contributed by atoms with Crippen molar-refractivity contribution in [3.63, 3.8) is 0 Å². The number of aromatic amines is 1. The van der Waals surface area contributed by atoms with Crippen molar-refractivity contribution in [3.05, 3.63) is 78.4 Å². The molecule has 0 unspecified atom stereocenters. The lowest BCUT2D eigenvalue weighted by Gasteiger charge is -2.14. The largest absolute Gasteiger partial charge is 0.493 e. The smallest absolute Gasteiger partial charge is 0.335 e. The lowest BCUT2D eigenvalue weighted by atomic mass is 10.1. The number of aromatic hydroxyl groups is 1. The molecular formula is C21H19BrN4O4. The Morgan fingerprint density at radius 3 is 2.47 bits per heavy atom. The van der Waals surface area contributed by atoms with E-state index in [9.17, 15) is 19.5 Å². The van der Waals surface area contributed by atoms with Gasteiger partial charge in [-0.3, -0.25) is 19.6 Å². The van der Waals surface area contributed by atoms with E-state index in [1.807, 2.05) is 13.0 Å². The van der Waals surface area contributed by atoms with Crippen molar-refractivity contribution in [1.82, 2.24) is 9.55 Å². The summed E-state index contributed by atoms with van der Waals surface area (Å²) in [5.41, 5.74) is 1.49. The lowest BCUT2D eigenvalue weighted by Crippen LogP contribution is -2.31. The number of carbonyl (C=O) groups excluding carboxylic acids is 1. The molecular weight excluding hydrogens is 452 g/mol. The monoisotopic (exact) mass is 470 g/mol. The summed E-state index contributed by atoms with van der Waals surface area (Å²) < 4.78 is 1.91. The first-order chi connectivity index (χ1) is 14.2. The zero-order chi connectivity index (χ0) is 22.0. The van der Waals surface area contributed by atoms with Crippen molar-refractivity contribution in [1.29, 1.82) is 0 Å². The normalized spacial score (nSPS) is 11.1. The van der Waals surface area contributed by atoms with Crippen LogP contribution < -0.4 is 16.6 Å². The van der Waals surface area contributed by atoms with Gasteiger partial charge in [0.25, 0.3) is 5.56 Å². The molecule has 0 fully saturated rings. The molecule has 1 amide bonds. The number of aromatic nitrogens is 2. The Hall–Kier alpha value is -3.46. The minimum atomic E-state index is -0.751. The van der Waals surface area contributed by atoms with E-state index in [4.69, 9.17) is 0 Å². The van der Waals surface area contributed by atoms with Crippen LogP contribution in [0.2, 0.25) is 0 Å². The second-order valence-corrected chi connectivity index (χ2v) is 7.56. The first-order valence-corrected chi connectivity index (χ1v) is 9.74. The number of aryl methyl sites for hydroxylation is 2. The third-order valence-electron chi connectivity index (χ3n) is 4.37. The van der Waals surface area contributed by atoms with Crippen LogP contribution in [0.1, 0.15) is 23.6 Å². The van der Waals surface area contributed by atoms with Gasteiger partial charge in [-0.2, -0.15) is 0 Å².